The lowest BCUT2D eigenvalue weighted by atomic mass is 9.84. The third-order valence-corrected chi connectivity index (χ3v) is 13.8. The minimum atomic E-state index is -0.635. The van der Waals surface area contributed by atoms with Gasteiger partial charge in [-0.2, -0.15) is 10.2 Å². The fraction of sp³-hybridized carbons (Fsp3) is 0.306. The van der Waals surface area contributed by atoms with Crippen molar-refractivity contribution in [2.75, 3.05) is 19.1 Å². The van der Waals surface area contributed by atoms with Gasteiger partial charge in [0.05, 0.1) is 62.4 Å². The lowest BCUT2D eigenvalue weighted by molar-refractivity contribution is 0.0829. The second kappa shape index (κ2) is 17.8. The molecule has 0 radical (unpaired) electrons. The number of rotatable bonds is 10. The molecule has 0 saturated heterocycles. The summed E-state index contributed by atoms with van der Waals surface area (Å²) in [5.41, 5.74) is 7.05. The molecule has 6 heterocycles. The van der Waals surface area contributed by atoms with Crippen molar-refractivity contribution in [3.63, 3.8) is 0 Å². The van der Waals surface area contributed by atoms with E-state index in [2.05, 4.69) is 25.1 Å². The zero-order chi connectivity index (χ0) is 46.3. The number of aromatic amines is 1. The molecule has 0 unspecified atom stereocenters. The standard InChI is InChI=1S/C32H32N6O3S.C17H17N5OS/c1-20-14-15-33-30(34-20)38(18-22-8-12-24(41-5)13-9-22)31-35-27-25-19-37(17-21-6-10-23(40-4)11-7-21)36-28(25)29(39)32(2,3)16-26(27)42-31;1-9-4-5-18-12(20-9)6-13-21-14-10-8-19-22-15(10)16(23)17(2,3)7-11(14)24-13/h6-15,19H,16-18H2,1-5H3;4-5,8H,6-7H2,1-3H3,(H,19,22). The van der Waals surface area contributed by atoms with Gasteiger partial charge in [-0.1, -0.05) is 52.0 Å². The number of benzene rings is 2. The van der Waals surface area contributed by atoms with Crippen molar-refractivity contribution in [1.29, 1.82) is 0 Å². The average Bonchev–Trinajstić information content (AvgIpc) is 4.10. The van der Waals surface area contributed by atoms with E-state index in [1.165, 1.54) is 0 Å². The van der Waals surface area contributed by atoms with Crippen LogP contribution in [0.15, 0.2) is 85.5 Å². The van der Waals surface area contributed by atoms with Crippen LogP contribution in [-0.2, 0) is 32.4 Å². The van der Waals surface area contributed by atoms with E-state index < -0.39 is 10.8 Å². The molecule has 336 valence electrons. The first kappa shape index (κ1) is 44.2. The normalized spacial score (nSPS) is 14.4. The third kappa shape index (κ3) is 9.00. The number of hydrogen-bond acceptors (Lipinski definition) is 15. The maximum Gasteiger partial charge on any atom is 0.232 e. The van der Waals surface area contributed by atoms with Gasteiger partial charge in [-0.05, 0) is 74.2 Å². The summed E-state index contributed by atoms with van der Waals surface area (Å²) in [6.45, 7) is 12.9. The molecule has 0 amide bonds. The molecule has 0 fully saturated rings. The first-order chi connectivity index (χ1) is 31.7. The molecule has 0 bridgehead atoms. The first-order valence-corrected chi connectivity index (χ1v) is 23.1. The lowest BCUT2D eigenvalue weighted by Gasteiger charge is -2.21. The van der Waals surface area contributed by atoms with Crippen LogP contribution in [-0.4, -0.2) is 75.7 Å². The highest BCUT2D eigenvalue weighted by atomic mass is 32.1. The minimum Gasteiger partial charge on any atom is -0.497 e. The lowest BCUT2D eigenvalue weighted by Crippen LogP contribution is -2.26. The Balaban J connectivity index is 0.000000192. The molecular formula is C49H49N11O4S2. The number of H-pyrrole nitrogens is 1. The van der Waals surface area contributed by atoms with Crippen LogP contribution in [0.4, 0.5) is 11.1 Å². The molecule has 0 aliphatic heterocycles. The van der Waals surface area contributed by atoms with Crippen LogP contribution in [0.2, 0.25) is 0 Å². The number of aryl methyl sites for hydroxylation is 2. The predicted octanol–water partition coefficient (Wildman–Crippen LogP) is 9.26. The van der Waals surface area contributed by atoms with Crippen molar-refractivity contribution in [2.45, 2.75) is 73.9 Å². The van der Waals surface area contributed by atoms with E-state index in [1.54, 1.807) is 55.5 Å². The number of ketones is 2. The van der Waals surface area contributed by atoms with Crippen LogP contribution < -0.4 is 14.4 Å². The zero-order valence-electron chi connectivity index (χ0n) is 38.0. The number of carbonyl (C=O) groups is 2. The molecule has 2 aliphatic rings. The SMILES string of the molecule is COc1ccc(CN(c2nccc(C)n2)c2nc3c(s2)CC(C)(C)C(=O)c2nn(Cc4ccc(OC)cc4)cc2-3)cc1.Cc1ccnc(Cc2nc3c(s2)CC(C)(C)C(=O)c2[nH]ncc2-3)n1. The van der Waals surface area contributed by atoms with E-state index in [4.69, 9.17) is 29.5 Å². The van der Waals surface area contributed by atoms with Gasteiger partial charge < -0.3 is 9.47 Å². The van der Waals surface area contributed by atoms with Crippen LogP contribution in [0.1, 0.15) is 91.8 Å². The second-order valence-electron chi connectivity index (χ2n) is 17.7. The van der Waals surface area contributed by atoms with Gasteiger partial charge in [-0.15, -0.1) is 22.7 Å². The number of hydrogen-bond donors (Lipinski definition) is 1. The Morgan fingerprint density at radius 2 is 1.33 bits per heavy atom. The van der Waals surface area contributed by atoms with Gasteiger partial charge >= 0.3 is 0 Å². The second-order valence-corrected chi connectivity index (χ2v) is 20.0. The fourth-order valence-corrected chi connectivity index (χ4v) is 10.6. The Morgan fingerprint density at radius 1 is 0.712 bits per heavy atom. The molecular weight excluding hydrogens is 871 g/mol. The summed E-state index contributed by atoms with van der Waals surface area (Å²) in [7, 11) is 3.31. The largest absolute Gasteiger partial charge is 0.497 e. The molecule has 66 heavy (non-hydrogen) atoms. The Bertz CT molecular complexity index is 3080. The van der Waals surface area contributed by atoms with E-state index in [1.807, 2.05) is 118 Å². The van der Waals surface area contributed by atoms with Crippen LogP contribution in [0.25, 0.3) is 22.5 Å². The molecule has 17 heteroatoms. The summed E-state index contributed by atoms with van der Waals surface area (Å²) in [5.74, 6) is 3.04. The van der Waals surface area contributed by atoms with E-state index in [0.717, 1.165) is 82.2 Å². The average molecular weight is 920 g/mol. The number of ether oxygens (including phenoxy) is 2. The number of nitrogens with one attached hydrogen (secondary N) is 1. The van der Waals surface area contributed by atoms with Crippen molar-refractivity contribution >= 4 is 45.3 Å². The topological polar surface area (TPSA) is 180 Å². The predicted molar refractivity (Wildman–Crippen MR) is 254 cm³/mol. The van der Waals surface area contributed by atoms with Crippen molar-refractivity contribution < 1.29 is 19.1 Å². The summed E-state index contributed by atoms with van der Waals surface area (Å²) in [5, 5.41) is 13.4. The first-order valence-electron chi connectivity index (χ1n) is 21.5. The molecule has 0 saturated carbocycles. The van der Waals surface area contributed by atoms with Gasteiger partial charge in [-0.25, -0.2) is 29.9 Å². The van der Waals surface area contributed by atoms with Crippen LogP contribution in [0, 0.1) is 24.7 Å². The highest BCUT2D eigenvalue weighted by Gasteiger charge is 2.40. The summed E-state index contributed by atoms with van der Waals surface area (Å²) >= 11 is 3.21. The number of thiazole rings is 2. The van der Waals surface area contributed by atoms with E-state index >= 15 is 0 Å². The van der Waals surface area contributed by atoms with Crippen molar-refractivity contribution in [1.82, 2.24) is 49.9 Å². The molecule has 2 aromatic carbocycles. The molecule has 0 atom stereocenters. The third-order valence-electron chi connectivity index (χ3n) is 11.6. The maximum absolute atomic E-state index is 13.7. The van der Waals surface area contributed by atoms with Gasteiger partial charge in [0, 0.05) is 50.6 Å². The summed E-state index contributed by atoms with van der Waals surface area (Å²) < 4.78 is 12.5. The Kier molecular flexibility index (Phi) is 11.9. The number of Topliss-reactive ketones (excluding diaryl/α,β-unsaturated/α-hetero) is 2. The van der Waals surface area contributed by atoms with Crippen LogP contribution in [0.3, 0.4) is 0 Å². The Labute approximate surface area is 390 Å². The zero-order valence-corrected chi connectivity index (χ0v) is 39.7. The van der Waals surface area contributed by atoms with Crippen LogP contribution in [0.5, 0.6) is 11.5 Å². The fourth-order valence-electron chi connectivity index (χ4n) is 8.04. The molecule has 8 aromatic rings. The summed E-state index contributed by atoms with van der Waals surface area (Å²) in [4.78, 5) is 58.6. The van der Waals surface area contributed by atoms with Crippen molar-refractivity contribution in [3.05, 3.63) is 140 Å². The number of carbonyl (C=O) groups excluding carboxylic acids is 2. The van der Waals surface area contributed by atoms with E-state index in [-0.39, 0.29) is 11.6 Å². The van der Waals surface area contributed by atoms with Crippen LogP contribution >= 0.6 is 22.7 Å². The Hall–Kier alpha value is -6.98. The number of methoxy groups -OCH3 is 2. The van der Waals surface area contributed by atoms with Crippen molar-refractivity contribution in [2.24, 2.45) is 10.8 Å². The number of aromatic nitrogens is 10. The number of anilines is 2. The van der Waals surface area contributed by atoms with Gasteiger partial charge in [0.1, 0.15) is 33.7 Å². The number of nitrogens with zero attached hydrogens (tertiary/aromatic N) is 10. The quantitative estimate of drug-likeness (QED) is 0.137. The smallest absolute Gasteiger partial charge is 0.232 e. The van der Waals surface area contributed by atoms with E-state index in [9.17, 15) is 9.59 Å². The molecule has 2 aliphatic carbocycles. The molecule has 6 aromatic heterocycles. The van der Waals surface area contributed by atoms with Gasteiger partial charge in [0.15, 0.2) is 16.7 Å². The van der Waals surface area contributed by atoms with Gasteiger partial charge in [0.2, 0.25) is 5.95 Å². The molecule has 10 rings (SSSR count). The summed E-state index contributed by atoms with van der Waals surface area (Å²) in [6.07, 6.45) is 9.01. The molecule has 1 N–H and O–H groups in total. The molecule has 15 nitrogen and oxygen atoms in total. The Morgan fingerprint density at radius 3 is 2.00 bits per heavy atom. The maximum atomic E-state index is 13.7. The van der Waals surface area contributed by atoms with Gasteiger partial charge in [-0.3, -0.25) is 24.3 Å². The monoisotopic (exact) mass is 919 g/mol. The van der Waals surface area contributed by atoms with Crippen molar-refractivity contribution in [3.8, 4) is 34.0 Å². The highest BCUT2D eigenvalue weighted by Crippen LogP contribution is 2.45. The van der Waals surface area contributed by atoms with Gasteiger partial charge in [0.25, 0.3) is 0 Å². The summed E-state index contributed by atoms with van der Waals surface area (Å²) in [6, 6.07) is 19.6. The minimum absolute atomic E-state index is 0.0230. The van der Waals surface area contributed by atoms with E-state index in [0.29, 0.717) is 49.7 Å². The number of fused-ring (bicyclic) bond motifs is 6. The molecule has 0 spiro atoms. The highest BCUT2D eigenvalue weighted by molar-refractivity contribution is 7.16.